The zero-order valence-electron chi connectivity index (χ0n) is 19.4. The van der Waals surface area contributed by atoms with Crippen molar-refractivity contribution in [3.8, 4) is 28.4 Å². The van der Waals surface area contributed by atoms with E-state index in [1.54, 1.807) is 7.11 Å². The molecule has 0 fully saturated rings. The minimum atomic E-state index is -0.137. The summed E-state index contributed by atoms with van der Waals surface area (Å²) in [5.41, 5.74) is 2.69. The van der Waals surface area contributed by atoms with E-state index in [-0.39, 0.29) is 17.7 Å². The molecule has 0 amide bonds. The maximum atomic E-state index is 6.29. The molecule has 5 heteroatoms. The monoisotopic (exact) mass is 412 g/mol. The van der Waals surface area contributed by atoms with Crippen LogP contribution in [0.25, 0.3) is 11.1 Å². The average molecular weight is 413 g/mol. The number of rotatable bonds is 7. The molecule has 30 heavy (non-hydrogen) atoms. The Kier molecular flexibility index (Phi) is 6.30. The number of nitrogens with zero attached hydrogens (tertiary/aromatic N) is 1. The molecule has 2 aromatic carbocycles. The molecule has 0 radical (unpaired) electrons. The summed E-state index contributed by atoms with van der Waals surface area (Å²) in [5, 5.41) is 0. The summed E-state index contributed by atoms with van der Waals surface area (Å²) in [6.45, 7) is 13.0. The highest BCUT2D eigenvalue weighted by Gasteiger charge is 2.44. The van der Waals surface area contributed by atoms with Crippen molar-refractivity contribution in [1.29, 1.82) is 0 Å². The molecule has 3 rings (SSSR count). The third-order valence-corrected chi connectivity index (χ3v) is 5.19. The van der Waals surface area contributed by atoms with Gasteiger partial charge in [0.25, 0.3) is 0 Å². The SMILES string of the molecule is COc1c(OC(C)C)cc(OC(C)C)c(-c2ccccc2)c1C1=[N+](C)C(C)(C)CO1. The minimum absolute atomic E-state index is 0.00396. The van der Waals surface area contributed by atoms with Crippen LogP contribution >= 0.6 is 0 Å². The lowest BCUT2D eigenvalue weighted by Gasteiger charge is -2.22. The van der Waals surface area contributed by atoms with Crippen molar-refractivity contribution in [3.63, 3.8) is 0 Å². The van der Waals surface area contributed by atoms with Gasteiger partial charge in [0.15, 0.2) is 23.6 Å². The maximum absolute atomic E-state index is 6.29. The lowest BCUT2D eigenvalue weighted by molar-refractivity contribution is -0.562. The Morgan fingerprint density at radius 2 is 1.53 bits per heavy atom. The van der Waals surface area contributed by atoms with Gasteiger partial charge >= 0.3 is 5.90 Å². The molecular weight excluding hydrogens is 378 g/mol. The minimum Gasteiger partial charge on any atom is -0.492 e. The fourth-order valence-corrected chi connectivity index (χ4v) is 3.56. The molecule has 162 valence electrons. The molecule has 0 aliphatic carbocycles. The highest BCUT2D eigenvalue weighted by Crippen LogP contribution is 2.46. The normalized spacial score (nSPS) is 15.5. The molecule has 0 saturated carbocycles. The Morgan fingerprint density at radius 1 is 0.933 bits per heavy atom. The summed E-state index contributed by atoms with van der Waals surface area (Å²) in [6, 6.07) is 12.2. The van der Waals surface area contributed by atoms with Gasteiger partial charge in [-0.25, -0.2) is 0 Å². The van der Waals surface area contributed by atoms with E-state index < -0.39 is 0 Å². The van der Waals surface area contributed by atoms with E-state index >= 15 is 0 Å². The second-order valence-electron chi connectivity index (χ2n) is 8.82. The first-order chi connectivity index (χ1) is 14.2. The average Bonchev–Trinajstić information content (AvgIpc) is 2.94. The van der Waals surface area contributed by atoms with Crippen molar-refractivity contribution in [2.75, 3.05) is 20.8 Å². The quantitative estimate of drug-likeness (QED) is 0.591. The first kappa shape index (κ1) is 22.0. The highest BCUT2D eigenvalue weighted by atomic mass is 16.5. The molecular formula is C25H34NO4+. The van der Waals surface area contributed by atoms with Crippen LogP contribution in [-0.4, -0.2) is 49.0 Å². The predicted molar refractivity (Wildman–Crippen MR) is 120 cm³/mol. The van der Waals surface area contributed by atoms with E-state index in [1.165, 1.54) is 0 Å². The molecule has 0 saturated heterocycles. The summed E-state index contributed by atoms with van der Waals surface area (Å²) in [4.78, 5) is 0. The van der Waals surface area contributed by atoms with Gasteiger partial charge in [0.05, 0.1) is 19.3 Å². The lowest BCUT2D eigenvalue weighted by atomic mass is 9.96. The summed E-state index contributed by atoms with van der Waals surface area (Å²) < 4.78 is 26.8. The maximum Gasteiger partial charge on any atom is 0.375 e. The summed E-state index contributed by atoms with van der Waals surface area (Å²) in [7, 11) is 3.72. The van der Waals surface area contributed by atoms with Gasteiger partial charge in [-0.3, -0.25) is 0 Å². The van der Waals surface area contributed by atoms with E-state index in [2.05, 4.69) is 37.6 Å². The Labute approximate surface area is 180 Å². The van der Waals surface area contributed by atoms with Crippen LogP contribution in [0.2, 0.25) is 0 Å². The third kappa shape index (κ3) is 4.25. The number of hydrogen-bond donors (Lipinski definition) is 0. The van der Waals surface area contributed by atoms with Crippen LogP contribution in [-0.2, 0) is 4.74 Å². The molecule has 0 aromatic heterocycles. The number of ether oxygens (including phenoxy) is 4. The van der Waals surface area contributed by atoms with E-state index in [9.17, 15) is 0 Å². The molecule has 0 N–H and O–H groups in total. The Hall–Kier alpha value is -2.69. The standard InChI is InChI=1S/C25H34NO4/c1-16(2)29-19-14-20(30-17(3)4)23(27-8)22(21(19)18-12-10-9-11-13-18)24-26(7)25(5,6)15-28-24/h9-14,16-17H,15H2,1-8H3/q+1. The van der Waals surface area contributed by atoms with Crippen molar-refractivity contribution in [3.05, 3.63) is 42.0 Å². The molecule has 1 aliphatic rings. The first-order valence-corrected chi connectivity index (χ1v) is 10.5. The molecule has 1 heterocycles. The zero-order valence-corrected chi connectivity index (χ0v) is 19.4. The van der Waals surface area contributed by atoms with E-state index in [1.807, 2.05) is 52.0 Å². The van der Waals surface area contributed by atoms with Crippen LogP contribution in [0.1, 0.15) is 47.1 Å². The summed E-state index contributed by atoms with van der Waals surface area (Å²) in [5.74, 6) is 2.81. The van der Waals surface area contributed by atoms with Crippen LogP contribution < -0.4 is 14.2 Å². The first-order valence-electron chi connectivity index (χ1n) is 10.5. The van der Waals surface area contributed by atoms with Crippen LogP contribution in [0, 0.1) is 0 Å². The lowest BCUT2D eigenvalue weighted by Crippen LogP contribution is -2.33. The number of benzene rings is 2. The molecule has 0 atom stereocenters. The van der Waals surface area contributed by atoms with Crippen molar-refractivity contribution >= 4 is 5.90 Å². The number of likely N-dealkylation sites (N-methyl/N-ethyl adjacent to an activating group) is 1. The van der Waals surface area contributed by atoms with Crippen LogP contribution in [0.4, 0.5) is 0 Å². The molecule has 0 spiro atoms. The zero-order chi connectivity index (χ0) is 22.1. The second kappa shape index (κ2) is 8.58. The van der Waals surface area contributed by atoms with E-state index in [4.69, 9.17) is 18.9 Å². The third-order valence-electron chi connectivity index (χ3n) is 5.19. The van der Waals surface area contributed by atoms with Gasteiger partial charge in [0, 0.05) is 25.5 Å². The Morgan fingerprint density at radius 3 is 2.03 bits per heavy atom. The molecule has 0 unspecified atom stereocenters. The second-order valence-corrected chi connectivity index (χ2v) is 8.82. The van der Waals surface area contributed by atoms with Crippen LogP contribution in [0.15, 0.2) is 36.4 Å². The smallest absolute Gasteiger partial charge is 0.375 e. The largest absolute Gasteiger partial charge is 0.492 e. The fourth-order valence-electron chi connectivity index (χ4n) is 3.56. The van der Waals surface area contributed by atoms with E-state index in [0.29, 0.717) is 18.1 Å². The van der Waals surface area contributed by atoms with Gasteiger partial charge in [-0.05, 0) is 33.3 Å². The molecule has 2 aromatic rings. The van der Waals surface area contributed by atoms with Gasteiger partial charge in [0.2, 0.25) is 0 Å². The summed E-state index contributed by atoms with van der Waals surface area (Å²) >= 11 is 0. The molecule has 1 aliphatic heterocycles. The Bertz CT molecular complexity index is 930. The molecule has 5 nitrogen and oxygen atoms in total. The fraction of sp³-hybridized carbons (Fsp3) is 0.480. The van der Waals surface area contributed by atoms with Gasteiger partial charge < -0.3 is 18.9 Å². The van der Waals surface area contributed by atoms with E-state index in [0.717, 1.165) is 28.3 Å². The van der Waals surface area contributed by atoms with Crippen molar-refractivity contribution in [2.45, 2.75) is 59.3 Å². The Balaban J connectivity index is 2.42. The van der Waals surface area contributed by atoms with Crippen LogP contribution in [0.3, 0.4) is 0 Å². The van der Waals surface area contributed by atoms with Crippen molar-refractivity contribution in [2.24, 2.45) is 0 Å². The van der Waals surface area contributed by atoms with Gasteiger partial charge in [-0.15, -0.1) is 0 Å². The van der Waals surface area contributed by atoms with Gasteiger partial charge in [0.1, 0.15) is 18.4 Å². The van der Waals surface area contributed by atoms with Gasteiger partial charge in [-0.2, -0.15) is 4.58 Å². The van der Waals surface area contributed by atoms with Crippen molar-refractivity contribution < 1.29 is 23.5 Å². The number of hydrogen-bond acceptors (Lipinski definition) is 4. The molecule has 0 bridgehead atoms. The number of methoxy groups -OCH3 is 1. The van der Waals surface area contributed by atoms with Gasteiger partial charge in [-0.1, -0.05) is 30.3 Å². The van der Waals surface area contributed by atoms with Crippen LogP contribution in [0.5, 0.6) is 17.2 Å². The van der Waals surface area contributed by atoms with Crippen molar-refractivity contribution in [1.82, 2.24) is 0 Å². The predicted octanol–water partition coefficient (Wildman–Crippen LogP) is 5.13. The summed E-state index contributed by atoms with van der Waals surface area (Å²) in [6.07, 6.45) is -0.00540. The highest BCUT2D eigenvalue weighted by molar-refractivity contribution is 6.04. The topological polar surface area (TPSA) is 39.9 Å².